The van der Waals surface area contributed by atoms with E-state index in [1.54, 1.807) is 0 Å². The Labute approximate surface area is 114 Å². The van der Waals surface area contributed by atoms with Gasteiger partial charge in [-0.3, -0.25) is 0 Å². The minimum absolute atomic E-state index is 0.0435. The van der Waals surface area contributed by atoms with Crippen LogP contribution in [0.1, 0.15) is 11.1 Å². The van der Waals surface area contributed by atoms with Crippen LogP contribution in [0.3, 0.4) is 0 Å². The Kier molecular flexibility index (Phi) is 4.95. The number of anilines is 1. The van der Waals surface area contributed by atoms with Crippen molar-refractivity contribution in [1.82, 2.24) is 5.32 Å². The lowest BCUT2D eigenvalue weighted by atomic mass is 10.1. The summed E-state index contributed by atoms with van der Waals surface area (Å²) in [5.74, 6) is 0. The highest BCUT2D eigenvalue weighted by molar-refractivity contribution is 5.46. The predicted octanol–water partition coefficient (Wildman–Crippen LogP) is 1.96. The second kappa shape index (κ2) is 6.92. The highest BCUT2D eigenvalue weighted by Crippen LogP contribution is 2.10. The maximum Gasteiger partial charge on any atom is 0.0587 e. The van der Waals surface area contributed by atoms with Gasteiger partial charge in [-0.15, -0.1) is 0 Å². The van der Waals surface area contributed by atoms with Crippen LogP contribution in [-0.4, -0.2) is 17.8 Å². The average Bonchev–Trinajstić information content (AvgIpc) is 2.46. The van der Waals surface area contributed by atoms with E-state index < -0.39 is 0 Å². The molecular formula is C16H20N2O. The van der Waals surface area contributed by atoms with Crippen molar-refractivity contribution in [3.05, 3.63) is 65.7 Å². The van der Waals surface area contributed by atoms with E-state index in [2.05, 4.69) is 17.4 Å². The predicted molar refractivity (Wildman–Crippen MR) is 78.7 cm³/mol. The lowest BCUT2D eigenvalue weighted by Crippen LogP contribution is -2.34. The number of nitrogens with two attached hydrogens (primary N) is 1. The zero-order chi connectivity index (χ0) is 13.5. The molecule has 0 amide bonds. The largest absolute Gasteiger partial charge is 0.398 e. The third kappa shape index (κ3) is 4.09. The molecule has 0 fully saturated rings. The van der Waals surface area contributed by atoms with E-state index in [0.717, 1.165) is 17.7 Å². The highest BCUT2D eigenvalue weighted by atomic mass is 16.3. The number of hydrogen-bond donors (Lipinski definition) is 3. The molecule has 0 aliphatic carbocycles. The molecule has 0 saturated carbocycles. The van der Waals surface area contributed by atoms with Crippen molar-refractivity contribution in [3.8, 4) is 0 Å². The number of nitrogens with one attached hydrogen (secondary N) is 1. The van der Waals surface area contributed by atoms with E-state index in [4.69, 9.17) is 5.73 Å². The summed E-state index contributed by atoms with van der Waals surface area (Å²) in [4.78, 5) is 0. The van der Waals surface area contributed by atoms with E-state index in [9.17, 15) is 5.11 Å². The zero-order valence-corrected chi connectivity index (χ0v) is 10.9. The molecular weight excluding hydrogens is 236 g/mol. The Hall–Kier alpha value is -1.84. The van der Waals surface area contributed by atoms with E-state index in [1.165, 1.54) is 5.56 Å². The van der Waals surface area contributed by atoms with Crippen molar-refractivity contribution >= 4 is 5.69 Å². The van der Waals surface area contributed by atoms with Crippen LogP contribution >= 0.6 is 0 Å². The van der Waals surface area contributed by atoms with Crippen molar-refractivity contribution < 1.29 is 5.11 Å². The van der Waals surface area contributed by atoms with Crippen molar-refractivity contribution in [2.24, 2.45) is 0 Å². The molecule has 3 nitrogen and oxygen atoms in total. The summed E-state index contributed by atoms with van der Waals surface area (Å²) in [5.41, 5.74) is 8.96. The second-order valence-corrected chi connectivity index (χ2v) is 4.65. The van der Waals surface area contributed by atoms with Crippen molar-refractivity contribution in [3.63, 3.8) is 0 Å². The van der Waals surface area contributed by atoms with Gasteiger partial charge in [0, 0.05) is 18.3 Å². The van der Waals surface area contributed by atoms with Gasteiger partial charge in [-0.05, 0) is 23.6 Å². The lowest BCUT2D eigenvalue weighted by molar-refractivity contribution is 0.241. The molecule has 100 valence electrons. The molecule has 0 aliphatic heterocycles. The number of hydrogen-bond acceptors (Lipinski definition) is 3. The molecule has 4 N–H and O–H groups in total. The average molecular weight is 256 g/mol. The molecule has 0 radical (unpaired) electrons. The van der Waals surface area contributed by atoms with Crippen molar-refractivity contribution in [2.45, 2.75) is 19.0 Å². The van der Waals surface area contributed by atoms with E-state index in [-0.39, 0.29) is 12.6 Å². The Morgan fingerprint density at radius 2 is 1.68 bits per heavy atom. The summed E-state index contributed by atoms with van der Waals surface area (Å²) in [7, 11) is 0. The minimum atomic E-state index is 0.0435. The van der Waals surface area contributed by atoms with E-state index in [0.29, 0.717) is 6.54 Å². The van der Waals surface area contributed by atoms with E-state index >= 15 is 0 Å². The SMILES string of the molecule is Nc1ccccc1CN[C@@H](CO)Cc1ccccc1. The molecule has 0 saturated heterocycles. The highest BCUT2D eigenvalue weighted by Gasteiger charge is 2.08. The van der Waals surface area contributed by atoms with E-state index in [1.807, 2.05) is 42.5 Å². The maximum absolute atomic E-state index is 9.44. The molecule has 1 atom stereocenters. The van der Waals surface area contributed by atoms with Crippen LogP contribution in [0.5, 0.6) is 0 Å². The fourth-order valence-corrected chi connectivity index (χ4v) is 2.05. The van der Waals surface area contributed by atoms with Crippen LogP contribution in [0.4, 0.5) is 5.69 Å². The monoisotopic (exact) mass is 256 g/mol. The van der Waals surface area contributed by atoms with Gasteiger partial charge in [0.15, 0.2) is 0 Å². The van der Waals surface area contributed by atoms with Gasteiger partial charge in [0.05, 0.1) is 6.61 Å². The first-order valence-corrected chi connectivity index (χ1v) is 6.51. The molecule has 0 aliphatic rings. The Balaban J connectivity index is 1.91. The lowest BCUT2D eigenvalue weighted by Gasteiger charge is -2.17. The fourth-order valence-electron chi connectivity index (χ4n) is 2.05. The van der Waals surface area contributed by atoms with Gasteiger partial charge < -0.3 is 16.2 Å². The van der Waals surface area contributed by atoms with Gasteiger partial charge in [0.25, 0.3) is 0 Å². The summed E-state index contributed by atoms with van der Waals surface area (Å²) in [6, 6.07) is 18.0. The maximum atomic E-state index is 9.44. The number of aliphatic hydroxyl groups is 1. The Morgan fingerprint density at radius 1 is 1.00 bits per heavy atom. The minimum Gasteiger partial charge on any atom is -0.398 e. The van der Waals surface area contributed by atoms with Crippen molar-refractivity contribution in [1.29, 1.82) is 0 Å². The normalized spacial score (nSPS) is 12.3. The quantitative estimate of drug-likeness (QED) is 0.692. The molecule has 2 aromatic carbocycles. The molecule has 3 heteroatoms. The molecule has 0 aromatic heterocycles. The van der Waals surface area contributed by atoms with Crippen molar-refractivity contribution in [2.75, 3.05) is 12.3 Å². The van der Waals surface area contributed by atoms with Gasteiger partial charge in [0.1, 0.15) is 0 Å². The fraction of sp³-hybridized carbons (Fsp3) is 0.250. The van der Waals surface area contributed by atoms with Crippen LogP contribution < -0.4 is 11.1 Å². The number of benzene rings is 2. The molecule has 0 spiro atoms. The van der Waals surface area contributed by atoms with Gasteiger partial charge in [-0.25, -0.2) is 0 Å². The van der Waals surface area contributed by atoms with Crippen LogP contribution in [-0.2, 0) is 13.0 Å². The summed E-state index contributed by atoms with van der Waals surface area (Å²) >= 11 is 0. The first-order chi connectivity index (χ1) is 9.29. The number of para-hydroxylation sites is 1. The molecule has 0 heterocycles. The summed E-state index contributed by atoms with van der Waals surface area (Å²) in [6.45, 7) is 0.784. The summed E-state index contributed by atoms with van der Waals surface area (Å²) in [6.07, 6.45) is 0.810. The van der Waals surface area contributed by atoms with Crippen LogP contribution in [0.15, 0.2) is 54.6 Å². The van der Waals surface area contributed by atoms with Crippen LogP contribution in [0, 0.1) is 0 Å². The Bertz CT molecular complexity index is 499. The molecule has 19 heavy (non-hydrogen) atoms. The van der Waals surface area contributed by atoms with Gasteiger partial charge >= 0.3 is 0 Å². The number of nitrogen functional groups attached to an aromatic ring is 1. The first-order valence-electron chi connectivity index (χ1n) is 6.51. The van der Waals surface area contributed by atoms with Gasteiger partial charge in [0.2, 0.25) is 0 Å². The van der Waals surface area contributed by atoms with Gasteiger partial charge in [-0.2, -0.15) is 0 Å². The second-order valence-electron chi connectivity index (χ2n) is 4.65. The molecule has 2 rings (SSSR count). The number of rotatable bonds is 6. The zero-order valence-electron chi connectivity index (χ0n) is 10.9. The van der Waals surface area contributed by atoms with Crippen LogP contribution in [0.25, 0.3) is 0 Å². The Morgan fingerprint density at radius 3 is 2.37 bits per heavy atom. The van der Waals surface area contributed by atoms with Crippen LogP contribution in [0.2, 0.25) is 0 Å². The molecule has 0 unspecified atom stereocenters. The smallest absolute Gasteiger partial charge is 0.0587 e. The summed E-state index contributed by atoms with van der Waals surface area (Å²) < 4.78 is 0. The molecule has 0 bridgehead atoms. The summed E-state index contributed by atoms with van der Waals surface area (Å²) in [5, 5.41) is 12.8. The topological polar surface area (TPSA) is 58.3 Å². The molecule has 2 aromatic rings. The standard InChI is InChI=1S/C16H20N2O/c17-16-9-5-4-8-14(16)11-18-15(12-19)10-13-6-2-1-3-7-13/h1-9,15,18-19H,10-12,17H2/t15-/m1/s1. The van der Waals surface area contributed by atoms with Gasteiger partial charge in [-0.1, -0.05) is 48.5 Å². The first kappa shape index (κ1) is 13.6. The third-order valence-corrected chi connectivity index (χ3v) is 3.18. The number of aliphatic hydroxyl groups excluding tert-OH is 1. The third-order valence-electron chi connectivity index (χ3n) is 3.18.